The van der Waals surface area contributed by atoms with E-state index in [2.05, 4.69) is 32.6 Å². The molecule has 1 aromatic rings. The van der Waals surface area contributed by atoms with Crippen LogP contribution in [-0.4, -0.2) is 25.8 Å². The van der Waals surface area contributed by atoms with Gasteiger partial charge in [0.2, 0.25) is 0 Å². The zero-order valence-electron chi connectivity index (χ0n) is 12.2. The number of carbonyl (C=O) groups excluding carboxylic acids is 2. The van der Waals surface area contributed by atoms with E-state index in [4.69, 9.17) is 4.74 Å². The summed E-state index contributed by atoms with van der Waals surface area (Å²) >= 11 is 2.20. The molecular formula is C15H20INO4. The number of esters is 1. The molecule has 5 nitrogen and oxygen atoms in total. The van der Waals surface area contributed by atoms with E-state index in [0.717, 1.165) is 22.0 Å². The second-order valence-corrected chi connectivity index (χ2v) is 5.76. The third-order valence-corrected chi connectivity index (χ3v) is 3.61. The molecule has 1 rings (SSSR count). The Morgan fingerprint density at radius 2 is 1.95 bits per heavy atom. The lowest BCUT2D eigenvalue weighted by molar-refractivity contribution is -0.141. The summed E-state index contributed by atoms with van der Waals surface area (Å²) in [6, 6.07) is 7.14. The fraction of sp³-hybridized carbons (Fsp3) is 0.467. The first-order valence-corrected chi connectivity index (χ1v) is 7.90. The van der Waals surface area contributed by atoms with Gasteiger partial charge in [0.25, 0.3) is 0 Å². The standard InChI is InChI=1S/C15H20INO4/c1-3-4-9-21-15(19)17-13(10-14(18)20-2)11-5-7-12(16)8-6-11/h5-8,13H,3-4,9-10H2,1-2H3,(H,17,19). The van der Waals surface area contributed by atoms with Gasteiger partial charge in [-0.3, -0.25) is 4.79 Å². The van der Waals surface area contributed by atoms with Gasteiger partial charge in [-0.15, -0.1) is 0 Å². The van der Waals surface area contributed by atoms with E-state index in [9.17, 15) is 9.59 Å². The molecule has 1 atom stereocenters. The Hall–Kier alpha value is -1.31. The number of ether oxygens (including phenoxy) is 2. The van der Waals surface area contributed by atoms with Crippen molar-refractivity contribution in [2.45, 2.75) is 32.2 Å². The number of benzene rings is 1. The van der Waals surface area contributed by atoms with Gasteiger partial charge < -0.3 is 14.8 Å². The molecular weight excluding hydrogens is 385 g/mol. The zero-order chi connectivity index (χ0) is 15.7. The van der Waals surface area contributed by atoms with Crippen molar-refractivity contribution in [1.29, 1.82) is 0 Å². The molecule has 1 aromatic carbocycles. The minimum absolute atomic E-state index is 0.0694. The van der Waals surface area contributed by atoms with Gasteiger partial charge in [-0.2, -0.15) is 0 Å². The Morgan fingerprint density at radius 1 is 1.29 bits per heavy atom. The fourth-order valence-corrected chi connectivity index (χ4v) is 2.05. The molecule has 0 aliphatic carbocycles. The average molecular weight is 405 g/mol. The highest BCUT2D eigenvalue weighted by Crippen LogP contribution is 2.19. The number of rotatable bonds is 7. The molecule has 1 amide bonds. The highest BCUT2D eigenvalue weighted by molar-refractivity contribution is 14.1. The minimum atomic E-state index is -0.518. The minimum Gasteiger partial charge on any atom is -0.469 e. The van der Waals surface area contributed by atoms with E-state index >= 15 is 0 Å². The smallest absolute Gasteiger partial charge is 0.407 e. The lowest BCUT2D eigenvalue weighted by atomic mass is 10.0. The fourth-order valence-electron chi connectivity index (χ4n) is 1.69. The van der Waals surface area contributed by atoms with Crippen molar-refractivity contribution in [1.82, 2.24) is 5.32 Å². The summed E-state index contributed by atoms with van der Waals surface area (Å²) in [7, 11) is 1.33. The molecule has 0 aliphatic rings. The molecule has 116 valence electrons. The largest absolute Gasteiger partial charge is 0.469 e. The maximum atomic E-state index is 11.8. The van der Waals surface area contributed by atoms with Gasteiger partial charge >= 0.3 is 12.1 Å². The van der Waals surface area contributed by atoms with Crippen LogP contribution >= 0.6 is 22.6 Å². The van der Waals surface area contributed by atoms with Crippen molar-refractivity contribution in [3.8, 4) is 0 Å². The number of carbonyl (C=O) groups is 2. The number of hydrogen-bond acceptors (Lipinski definition) is 4. The molecule has 0 saturated heterocycles. The average Bonchev–Trinajstić information content (AvgIpc) is 2.47. The Bertz CT molecular complexity index is 461. The maximum Gasteiger partial charge on any atom is 0.407 e. The summed E-state index contributed by atoms with van der Waals surface area (Å²) in [5.74, 6) is -0.382. The molecule has 6 heteroatoms. The van der Waals surface area contributed by atoms with Gasteiger partial charge in [0, 0.05) is 3.57 Å². The molecule has 0 bridgehead atoms. The van der Waals surface area contributed by atoms with Crippen LogP contribution in [0, 0.1) is 3.57 Å². The van der Waals surface area contributed by atoms with Crippen LogP contribution in [0.1, 0.15) is 37.8 Å². The molecule has 1 N–H and O–H groups in total. The second kappa shape index (κ2) is 9.59. The molecule has 0 spiro atoms. The number of halogens is 1. The Balaban J connectivity index is 2.70. The first-order valence-electron chi connectivity index (χ1n) is 6.82. The second-order valence-electron chi connectivity index (χ2n) is 4.52. The van der Waals surface area contributed by atoms with Crippen molar-refractivity contribution < 1.29 is 19.1 Å². The van der Waals surface area contributed by atoms with Crippen LogP contribution in [0.25, 0.3) is 0 Å². The zero-order valence-corrected chi connectivity index (χ0v) is 14.4. The van der Waals surface area contributed by atoms with Gasteiger partial charge in [-0.1, -0.05) is 25.5 Å². The summed E-state index contributed by atoms with van der Waals surface area (Å²) in [5, 5.41) is 2.71. The molecule has 0 heterocycles. The SMILES string of the molecule is CCCCOC(=O)NC(CC(=O)OC)c1ccc(I)cc1. The number of hydrogen-bond donors (Lipinski definition) is 1. The van der Waals surface area contributed by atoms with Gasteiger partial charge in [-0.25, -0.2) is 4.79 Å². The Kier molecular flexibility index (Phi) is 8.11. The van der Waals surface area contributed by atoms with Crippen LogP contribution in [0.3, 0.4) is 0 Å². The van der Waals surface area contributed by atoms with Gasteiger partial charge in [0.05, 0.1) is 26.2 Å². The molecule has 0 fully saturated rings. The summed E-state index contributed by atoms with van der Waals surface area (Å²) in [6.45, 7) is 2.40. The predicted molar refractivity (Wildman–Crippen MR) is 87.9 cm³/mol. The third-order valence-electron chi connectivity index (χ3n) is 2.89. The van der Waals surface area contributed by atoms with Crippen molar-refractivity contribution >= 4 is 34.7 Å². The van der Waals surface area contributed by atoms with Gasteiger partial charge in [-0.05, 0) is 46.7 Å². The Morgan fingerprint density at radius 3 is 2.52 bits per heavy atom. The summed E-state index contributed by atoms with van der Waals surface area (Å²) in [5.41, 5.74) is 0.841. The van der Waals surface area contributed by atoms with Crippen LogP contribution in [0.4, 0.5) is 4.79 Å². The van der Waals surface area contributed by atoms with E-state index in [1.165, 1.54) is 7.11 Å². The number of amides is 1. The Labute approximate surface area is 138 Å². The van der Waals surface area contributed by atoms with Crippen molar-refractivity contribution in [2.24, 2.45) is 0 Å². The summed E-state index contributed by atoms with van der Waals surface area (Å²) in [4.78, 5) is 23.2. The molecule has 0 saturated carbocycles. The van der Waals surface area contributed by atoms with E-state index in [-0.39, 0.29) is 12.4 Å². The van der Waals surface area contributed by atoms with Gasteiger partial charge in [0.15, 0.2) is 0 Å². The maximum absolute atomic E-state index is 11.8. The van der Waals surface area contributed by atoms with Crippen molar-refractivity contribution in [3.05, 3.63) is 33.4 Å². The van der Waals surface area contributed by atoms with E-state index in [0.29, 0.717) is 6.61 Å². The predicted octanol–water partition coefficient (Wildman–Crippen LogP) is 3.42. The van der Waals surface area contributed by atoms with Crippen LogP contribution < -0.4 is 5.32 Å². The quantitative estimate of drug-likeness (QED) is 0.429. The number of alkyl carbamates (subject to hydrolysis) is 1. The molecule has 0 radical (unpaired) electrons. The summed E-state index contributed by atoms with van der Waals surface area (Å²) in [6.07, 6.45) is 1.32. The van der Waals surface area contributed by atoms with Crippen LogP contribution in [0.15, 0.2) is 24.3 Å². The normalized spacial score (nSPS) is 11.6. The van der Waals surface area contributed by atoms with Crippen LogP contribution in [-0.2, 0) is 14.3 Å². The lowest BCUT2D eigenvalue weighted by Gasteiger charge is -2.18. The first kappa shape index (κ1) is 17.7. The molecule has 0 aliphatic heterocycles. The number of nitrogens with one attached hydrogen (secondary N) is 1. The monoisotopic (exact) mass is 405 g/mol. The molecule has 0 aromatic heterocycles. The topological polar surface area (TPSA) is 64.6 Å². The van der Waals surface area contributed by atoms with Crippen molar-refractivity contribution in [3.63, 3.8) is 0 Å². The number of methoxy groups -OCH3 is 1. The lowest BCUT2D eigenvalue weighted by Crippen LogP contribution is -2.31. The first-order chi connectivity index (χ1) is 10.1. The third kappa shape index (κ3) is 6.79. The van der Waals surface area contributed by atoms with E-state index < -0.39 is 12.1 Å². The highest BCUT2D eigenvalue weighted by Gasteiger charge is 2.19. The van der Waals surface area contributed by atoms with Crippen LogP contribution in [0.5, 0.6) is 0 Å². The number of unbranched alkanes of at least 4 members (excludes halogenated alkanes) is 1. The van der Waals surface area contributed by atoms with Gasteiger partial charge in [0.1, 0.15) is 0 Å². The summed E-state index contributed by atoms with van der Waals surface area (Å²) < 4.78 is 10.8. The van der Waals surface area contributed by atoms with E-state index in [1.807, 2.05) is 31.2 Å². The van der Waals surface area contributed by atoms with E-state index in [1.54, 1.807) is 0 Å². The molecule has 21 heavy (non-hydrogen) atoms. The molecule has 1 unspecified atom stereocenters. The highest BCUT2D eigenvalue weighted by atomic mass is 127. The van der Waals surface area contributed by atoms with Crippen LogP contribution in [0.2, 0.25) is 0 Å². The van der Waals surface area contributed by atoms with Crippen molar-refractivity contribution in [2.75, 3.05) is 13.7 Å².